The quantitative estimate of drug-likeness (QED) is 0.484. The van der Waals surface area contributed by atoms with E-state index in [0.29, 0.717) is 24.7 Å². The van der Waals surface area contributed by atoms with Crippen molar-refractivity contribution in [3.8, 4) is 11.5 Å². The molecule has 0 atom stereocenters. The summed E-state index contributed by atoms with van der Waals surface area (Å²) < 4.78 is 7.99. The number of pyridine rings is 1. The van der Waals surface area contributed by atoms with Crippen LogP contribution in [0.1, 0.15) is 69.5 Å². The lowest BCUT2D eigenvalue weighted by Gasteiger charge is -2.28. The molecule has 33 heavy (non-hydrogen) atoms. The molecule has 3 rings (SSSR count). The number of benzene rings is 2. The molecule has 0 radical (unpaired) electrons. The van der Waals surface area contributed by atoms with Crippen LogP contribution in [-0.4, -0.2) is 9.67 Å². The molecule has 0 fully saturated rings. The molecule has 4 nitrogen and oxygen atoms in total. The topological polar surface area (TPSA) is 51.5 Å². The van der Waals surface area contributed by atoms with Gasteiger partial charge in [0.2, 0.25) is 5.43 Å². The number of nitrogens with zero attached hydrogens (tertiary/aromatic N) is 1. The number of phenols is 1. The lowest BCUT2D eigenvalue weighted by molar-refractivity contribution is 0.297. The molecule has 3 aromatic rings. The molecule has 176 valence electrons. The number of hydrogen-bond acceptors (Lipinski definition) is 3. The number of ether oxygens (including phenoxy) is 1. The van der Waals surface area contributed by atoms with Crippen molar-refractivity contribution in [3.63, 3.8) is 0 Å². The first kappa shape index (κ1) is 24.6. The van der Waals surface area contributed by atoms with Crippen LogP contribution in [-0.2, 0) is 30.4 Å². The van der Waals surface area contributed by atoms with Crippen molar-refractivity contribution in [2.75, 3.05) is 0 Å². The lowest BCUT2D eigenvalue weighted by atomic mass is 9.78. The van der Waals surface area contributed by atoms with Crippen LogP contribution in [0.3, 0.4) is 0 Å². The molecule has 0 aliphatic rings. The van der Waals surface area contributed by atoms with Gasteiger partial charge in [-0.05, 0) is 46.4 Å². The fourth-order valence-corrected chi connectivity index (χ4v) is 4.03. The Labute approximate surface area is 197 Å². The van der Waals surface area contributed by atoms with E-state index >= 15 is 0 Å². The van der Waals surface area contributed by atoms with Gasteiger partial charge in [0.15, 0.2) is 5.75 Å². The summed E-state index contributed by atoms with van der Waals surface area (Å²) in [4.78, 5) is 12.5. The zero-order valence-electron chi connectivity index (χ0n) is 21.0. The highest BCUT2D eigenvalue weighted by molar-refractivity contribution is 5.50. The van der Waals surface area contributed by atoms with Gasteiger partial charge in [-0.3, -0.25) is 4.79 Å². The van der Waals surface area contributed by atoms with Crippen molar-refractivity contribution in [3.05, 3.63) is 92.9 Å². The molecule has 0 spiro atoms. The van der Waals surface area contributed by atoms with E-state index in [9.17, 15) is 9.90 Å². The van der Waals surface area contributed by atoms with E-state index in [4.69, 9.17) is 4.74 Å². The Morgan fingerprint density at radius 1 is 0.879 bits per heavy atom. The van der Waals surface area contributed by atoms with Crippen LogP contribution in [0.25, 0.3) is 0 Å². The first-order chi connectivity index (χ1) is 15.4. The molecule has 0 unspecified atom stereocenters. The number of aryl methyl sites for hydroxylation is 2. The molecule has 0 saturated heterocycles. The fourth-order valence-electron chi connectivity index (χ4n) is 4.03. The molecule has 0 aliphatic heterocycles. The Morgan fingerprint density at radius 2 is 1.45 bits per heavy atom. The van der Waals surface area contributed by atoms with Gasteiger partial charge in [0.1, 0.15) is 12.4 Å². The minimum Gasteiger partial charge on any atom is -0.507 e. The standard InChI is InChI=1S/C29H37NO3/c1-20-27(33-19-21-11-9-8-10-12-21)25(31)14-16-30(20)15-13-22-17-23(28(2,3)4)26(32)24(18-22)29(5,6)7/h8-12,14,16-18,32H,13,15,19H2,1-7H3. The first-order valence-electron chi connectivity index (χ1n) is 11.6. The predicted molar refractivity (Wildman–Crippen MR) is 135 cm³/mol. The predicted octanol–water partition coefficient (Wildman–Crippen LogP) is 6.28. The molecule has 0 bridgehead atoms. The molecular weight excluding hydrogens is 410 g/mol. The smallest absolute Gasteiger partial charge is 0.223 e. The van der Waals surface area contributed by atoms with Gasteiger partial charge in [-0.1, -0.05) is 84.0 Å². The van der Waals surface area contributed by atoms with Crippen molar-refractivity contribution in [1.29, 1.82) is 0 Å². The number of aromatic hydroxyl groups is 1. The highest BCUT2D eigenvalue weighted by Crippen LogP contribution is 2.40. The zero-order valence-corrected chi connectivity index (χ0v) is 21.0. The second kappa shape index (κ2) is 9.46. The van der Waals surface area contributed by atoms with Crippen molar-refractivity contribution in [2.24, 2.45) is 0 Å². The molecule has 1 aromatic heterocycles. The summed E-state index contributed by atoms with van der Waals surface area (Å²) in [5.74, 6) is 0.799. The molecule has 4 heteroatoms. The van der Waals surface area contributed by atoms with E-state index in [2.05, 4.69) is 58.2 Å². The Bertz CT molecular complexity index is 1130. The minimum absolute atomic E-state index is 0.102. The minimum atomic E-state index is -0.161. The average molecular weight is 448 g/mol. The molecule has 0 amide bonds. The third-order valence-electron chi connectivity index (χ3n) is 6.04. The average Bonchev–Trinajstić information content (AvgIpc) is 2.73. The second-order valence-electron chi connectivity index (χ2n) is 10.9. The molecule has 0 saturated carbocycles. The number of hydrogen-bond donors (Lipinski definition) is 1. The van der Waals surface area contributed by atoms with Crippen LogP contribution >= 0.6 is 0 Å². The van der Waals surface area contributed by atoms with Crippen LogP contribution in [0.2, 0.25) is 0 Å². The first-order valence-corrected chi connectivity index (χ1v) is 11.6. The van der Waals surface area contributed by atoms with Crippen molar-refractivity contribution in [2.45, 2.75) is 78.9 Å². The zero-order chi connectivity index (χ0) is 24.4. The molecule has 0 aliphatic carbocycles. The summed E-state index contributed by atoms with van der Waals surface area (Å²) in [7, 11) is 0. The van der Waals surface area contributed by atoms with Crippen molar-refractivity contribution in [1.82, 2.24) is 4.57 Å². The maximum atomic E-state index is 12.5. The third-order valence-corrected chi connectivity index (χ3v) is 6.04. The summed E-state index contributed by atoms with van der Waals surface area (Å²) >= 11 is 0. The Kier molecular flexibility index (Phi) is 7.06. The van der Waals surface area contributed by atoms with Crippen LogP contribution in [0.15, 0.2) is 59.5 Å². The van der Waals surface area contributed by atoms with E-state index < -0.39 is 0 Å². The van der Waals surface area contributed by atoms with E-state index in [-0.39, 0.29) is 16.3 Å². The number of aromatic nitrogens is 1. The SMILES string of the molecule is Cc1c(OCc2ccccc2)c(=O)ccn1CCc1cc(C(C)(C)C)c(O)c(C(C)(C)C)c1. The summed E-state index contributed by atoms with van der Waals surface area (Å²) in [6, 6.07) is 15.7. The second-order valence-corrected chi connectivity index (χ2v) is 10.9. The molecule has 1 heterocycles. The lowest BCUT2D eigenvalue weighted by Crippen LogP contribution is -2.19. The Hall–Kier alpha value is -3.01. The highest BCUT2D eigenvalue weighted by Gasteiger charge is 2.26. The largest absolute Gasteiger partial charge is 0.507 e. The van der Waals surface area contributed by atoms with Gasteiger partial charge in [-0.2, -0.15) is 0 Å². The van der Waals surface area contributed by atoms with Crippen molar-refractivity contribution < 1.29 is 9.84 Å². The Balaban J connectivity index is 1.87. The maximum Gasteiger partial charge on any atom is 0.223 e. The van der Waals surface area contributed by atoms with Gasteiger partial charge in [0.05, 0.1) is 5.69 Å². The van der Waals surface area contributed by atoms with E-state index in [1.165, 1.54) is 5.56 Å². The molecule has 2 aromatic carbocycles. The monoisotopic (exact) mass is 447 g/mol. The molecule has 1 N–H and O–H groups in total. The summed E-state index contributed by atoms with van der Waals surface area (Å²) in [6.07, 6.45) is 2.62. The number of phenolic OH excluding ortho intramolecular Hbond substituents is 1. The molecular formula is C29H37NO3. The van der Waals surface area contributed by atoms with E-state index in [0.717, 1.165) is 28.8 Å². The van der Waals surface area contributed by atoms with Crippen LogP contribution < -0.4 is 10.2 Å². The summed E-state index contributed by atoms with van der Waals surface area (Å²) in [6.45, 7) is 15.8. The van der Waals surface area contributed by atoms with Gasteiger partial charge >= 0.3 is 0 Å². The van der Waals surface area contributed by atoms with Crippen LogP contribution in [0.5, 0.6) is 11.5 Å². The fraction of sp³-hybridized carbons (Fsp3) is 0.414. The van der Waals surface area contributed by atoms with Crippen LogP contribution in [0, 0.1) is 6.92 Å². The third kappa shape index (κ3) is 5.87. The van der Waals surface area contributed by atoms with E-state index in [1.807, 2.05) is 43.5 Å². The van der Waals surface area contributed by atoms with Gasteiger partial charge in [0.25, 0.3) is 0 Å². The summed E-state index contributed by atoms with van der Waals surface area (Å²) in [5.41, 5.74) is 4.53. The van der Waals surface area contributed by atoms with Crippen LogP contribution in [0.4, 0.5) is 0 Å². The van der Waals surface area contributed by atoms with Gasteiger partial charge < -0.3 is 14.4 Å². The number of rotatable bonds is 6. The maximum absolute atomic E-state index is 12.5. The van der Waals surface area contributed by atoms with E-state index in [1.54, 1.807) is 6.07 Å². The van der Waals surface area contributed by atoms with Gasteiger partial charge in [-0.15, -0.1) is 0 Å². The van der Waals surface area contributed by atoms with Gasteiger partial charge in [0, 0.05) is 18.8 Å². The Morgan fingerprint density at radius 3 is 2.00 bits per heavy atom. The van der Waals surface area contributed by atoms with Gasteiger partial charge in [-0.25, -0.2) is 0 Å². The van der Waals surface area contributed by atoms with Crippen molar-refractivity contribution >= 4 is 0 Å². The summed E-state index contributed by atoms with van der Waals surface area (Å²) in [5, 5.41) is 11.0. The normalized spacial score (nSPS) is 12.1. The highest BCUT2D eigenvalue weighted by atomic mass is 16.5.